The fourth-order valence-electron chi connectivity index (χ4n) is 1.54. The predicted octanol–water partition coefficient (Wildman–Crippen LogP) is 3.13. The molecule has 0 aliphatic carbocycles. The molecule has 2 aromatic carbocycles. The van der Waals surface area contributed by atoms with Crippen molar-refractivity contribution >= 4 is 12.2 Å². The van der Waals surface area contributed by atoms with E-state index in [1.165, 1.54) is 6.07 Å². The molecule has 0 saturated carbocycles. The molecule has 0 spiro atoms. The summed E-state index contributed by atoms with van der Waals surface area (Å²) in [6.45, 7) is 0. The molecule has 0 radical (unpaired) electrons. The first-order valence-electron chi connectivity index (χ1n) is 5.53. The van der Waals surface area contributed by atoms with Gasteiger partial charge in [-0.1, -0.05) is 36.4 Å². The van der Waals surface area contributed by atoms with Crippen LogP contribution < -0.4 is 4.84 Å². The van der Waals surface area contributed by atoms with Crippen LogP contribution in [0.3, 0.4) is 0 Å². The zero-order valence-corrected chi connectivity index (χ0v) is 9.89. The van der Waals surface area contributed by atoms with E-state index in [0.29, 0.717) is 0 Å². The van der Waals surface area contributed by atoms with Crippen molar-refractivity contribution in [2.24, 2.45) is 0 Å². The summed E-state index contributed by atoms with van der Waals surface area (Å²) in [7, 11) is 0. The SMILES string of the molecule is O=[N+]([O-])Oc1cccc(/C=C/c2ccc(O)cc2)c1. The second-order valence-electron chi connectivity index (χ2n) is 3.81. The highest BCUT2D eigenvalue weighted by molar-refractivity contribution is 5.70. The van der Waals surface area contributed by atoms with Crippen molar-refractivity contribution in [1.29, 1.82) is 0 Å². The monoisotopic (exact) mass is 257 g/mol. The van der Waals surface area contributed by atoms with Gasteiger partial charge in [0.05, 0.1) is 0 Å². The minimum Gasteiger partial charge on any atom is -0.508 e. The molecule has 2 aromatic rings. The lowest BCUT2D eigenvalue weighted by Crippen LogP contribution is -2.03. The fraction of sp³-hybridized carbons (Fsp3) is 0. The van der Waals surface area contributed by atoms with E-state index < -0.39 is 5.09 Å². The fourth-order valence-corrected chi connectivity index (χ4v) is 1.54. The maximum Gasteiger partial charge on any atom is 0.299 e. The summed E-state index contributed by atoms with van der Waals surface area (Å²) in [6.07, 6.45) is 3.64. The van der Waals surface area contributed by atoms with Crippen molar-refractivity contribution in [1.82, 2.24) is 0 Å². The number of phenols is 1. The molecule has 19 heavy (non-hydrogen) atoms. The van der Waals surface area contributed by atoms with Gasteiger partial charge in [0.2, 0.25) is 0 Å². The number of nitrogens with zero attached hydrogens (tertiary/aromatic N) is 1. The Morgan fingerprint density at radius 3 is 2.42 bits per heavy atom. The van der Waals surface area contributed by atoms with Gasteiger partial charge in [0.25, 0.3) is 5.09 Å². The summed E-state index contributed by atoms with van der Waals surface area (Å²) in [5, 5.41) is 18.5. The lowest BCUT2D eigenvalue weighted by atomic mass is 10.1. The van der Waals surface area contributed by atoms with E-state index in [2.05, 4.69) is 4.84 Å². The lowest BCUT2D eigenvalue weighted by molar-refractivity contribution is -0.711. The molecule has 5 nitrogen and oxygen atoms in total. The first-order valence-corrected chi connectivity index (χ1v) is 5.53. The Balaban J connectivity index is 2.14. The van der Waals surface area contributed by atoms with Gasteiger partial charge in [-0.2, -0.15) is 0 Å². The molecule has 0 unspecified atom stereocenters. The second kappa shape index (κ2) is 5.68. The molecule has 0 bridgehead atoms. The standard InChI is InChI=1S/C14H11NO4/c16-13-8-6-11(7-9-13)4-5-12-2-1-3-14(10-12)19-15(17)18/h1-10,16H/b5-4+. The molecule has 0 aliphatic rings. The van der Waals surface area contributed by atoms with E-state index >= 15 is 0 Å². The van der Waals surface area contributed by atoms with Crippen LogP contribution >= 0.6 is 0 Å². The topological polar surface area (TPSA) is 72.6 Å². The van der Waals surface area contributed by atoms with Crippen LogP contribution in [0.5, 0.6) is 11.5 Å². The quantitative estimate of drug-likeness (QED) is 0.519. The van der Waals surface area contributed by atoms with Gasteiger partial charge in [0, 0.05) is 0 Å². The number of rotatable bonds is 4. The number of hydrogen-bond acceptors (Lipinski definition) is 4. The van der Waals surface area contributed by atoms with E-state index in [0.717, 1.165) is 11.1 Å². The van der Waals surface area contributed by atoms with Gasteiger partial charge in [-0.3, -0.25) is 4.84 Å². The molecule has 0 aromatic heterocycles. The highest BCUT2D eigenvalue weighted by atomic mass is 17.0. The van der Waals surface area contributed by atoms with E-state index in [1.807, 2.05) is 12.1 Å². The van der Waals surface area contributed by atoms with Gasteiger partial charge in [0.1, 0.15) is 11.5 Å². The third kappa shape index (κ3) is 3.85. The third-order valence-electron chi connectivity index (χ3n) is 2.40. The second-order valence-corrected chi connectivity index (χ2v) is 3.81. The Labute approximate surface area is 109 Å². The average Bonchev–Trinajstić information content (AvgIpc) is 2.38. The third-order valence-corrected chi connectivity index (χ3v) is 2.40. The summed E-state index contributed by atoms with van der Waals surface area (Å²) >= 11 is 0. The summed E-state index contributed by atoms with van der Waals surface area (Å²) < 4.78 is 0. The van der Waals surface area contributed by atoms with Crippen molar-refractivity contribution in [3.63, 3.8) is 0 Å². The molecule has 0 aliphatic heterocycles. The van der Waals surface area contributed by atoms with E-state index in [-0.39, 0.29) is 11.5 Å². The van der Waals surface area contributed by atoms with Crippen LogP contribution in [0, 0.1) is 10.1 Å². The number of phenolic OH excluding ortho intramolecular Hbond substituents is 1. The van der Waals surface area contributed by atoms with Gasteiger partial charge in [-0.05, 0) is 35.4 Å². The Hall–Kier alpha value is -2.82. The normalized spacial score (nSPS) is 10.5. The average molecular weight is 257 g/mol. The van der Waals surface area contributed by atoms with Crippen LogP contribution in [0.1, 0.15) is 11.1 Å². The summed E-state index contributed by atoms with van der Waals surface area (Å²) in [5.74, 6) is 0.386. The molecule has 0 fully saturated rings. The minimum absolute atomic E-state index is 0.179. The van der Waals surface area contributed by atoms with Crippen LogP contribution in [0.4, 0.5) is 0 Å². The summed E-state index contributed by atoms with van der Waals surface area (Å²) in [5.41, 5.74) is 1.70. The molecule has 5 heteroatoms. The van der Waals surface area contributed by atoms with Gasteiger partial charge < -0.3 is 5.11 Å². The van der Waals surface area contributed by atoms with Crippen LogP contribution in [-0.4, -0.2) is 10.2 Å². The molecule has 0 heterocycles. The van der Waals surface area contributed by atoms with Crippen LogP contribution in [0.25, 0.3) is 12.2 Å². The van der Waals surface area contributed by atoms with Crippen molar-refractivity contribution < 1.29 is 15.0 Å². The van der Waals surface area contributed by atoms with Crippen LogP contribution in [0.2, 0.25) is 0 Å². The smallest absolute Gasteiger partial charge is 0.299 e. The maximum absolute atomic E-state index is 10.2. The molecule has 0 saturated heterocycles. The summed E-state index contributed by atoms with van der Waals surface area (Å²) in [4.78, 5) is 14.6. The molecular weight excluding hydrogens is 246 g/mol. The maximum atomic E-state index is 10.2. The molecule has 1 N–H and O–H groups in total. The molecular formula is C14H11NO4. The van der Waals surface area contributed by atoms with E-state index in [9.17, 15) is 10.1 Å². The predicted molar refractivity (Wildman–Crippen MR) is 71.1 cm³/mol. The molecule has 96 valence electrons. The number of benzene rings is 2. The zero-order valence-electron chi connectivity index (χ0n) is 9.89. The van der Waals surface area contributed by atoms with Crippen molar-refractivity contribution in [3.05, 3.63) is 69.8 Å². The van der Waals surface area contributed by atoms with E-state index in [1.54, 1.807) is 42.5 Å². The van der Waals surface area contributed by atoms with Crippen molar-refractivity contribution in [3.8, 4) is 11.5 Å². The Bertz CT molecular complexity index is 605. The summed E-state index contributed by atoms with van der Waals surface area (Å²) in [6, 6.07) is 13.3. The Kier molecular flexibility index (Phi) is 3.78. The van der Waals surface area contributed by atoms with Crippen molar-refractivity contribution in [2.75, 3.05) is 0 Å². The first-order chi connectivity index (χ1) is 9.13. The van der Waals surface area contributed by atoms with Crippen molar-refractivity contribution in [2.45, 2.75) is 0 Å². The lowest BCUT2D eigenvalue weighted by Gasteiger charge is -1.99. The first kappa shape index (κ1) is 12.6. The van der Waals surface area contributed by atoms with Gasteiger partial charge in [-0.25, -0.2) is 0 Å². The largest absolute Gasteiger partial charge is 0.508 e. The number of aromatic hydroxyl groups is 1. The number of hydrogen-bond donors (Lipinski definition) is 1. The van der Waals surface area contributed by atoms with E-state index in [4.69, 9.17) is 5.11 Å². The highest BCUT2D eigenvalue weighted by Crippen LogP contribution is 2.17. The Morgan fingerprint density at radius 2 is 1.74 bits per heavy atom. The van der Waals surface area contributed by atoms with Gasteiger partial charge in [-0.15, -0.1) is 10.1 Å². The minimum atomic E-state index is -0.844. The van der Waals surface area contributed by atoms with Gasteiger partial charge >= 0.3 is 0 Å². The Morgan fingerprint density at radius 1 is 1.05 bits per heavy atom. The molecule has 2 rings (SSSR count). The van der Waals surface area contributed by atoms with Gasteiger partial charge in [0.15, 0.2) is 0 Å². The zero-order chi connectivity index (χ0) is 13.7. The molecule has 0 atom stereocenters. The molecule has 0 amide bonds. The highest BCUT2D eigenvalue weighted by Gasteiger charge is 1.99. The van der Waals surface area contributed by atoms with Crippen LogP contribution in [-0.2, 0) is 0 Å². The van der Waals surface area contributed by atoms with Crippen LogP contribution in [0.15, 0.2) is 48.5 Å².